The highest BCUT2D eigenvalue weighted by Crippen LogP contribution is 2.23. The molecule has 2 heterocycles. The molecule has 0 spiro atoms. The normalized spacial score (nSPS) is 15.8. The molecule has 1 aliphatic rings. The van der Waals surface area contributed by atoms with E-state index in [0.29, 0.717) is 5.82 Å². The molecule has 0 aliphatic carbocycles. The summed E-state index contributed by atoms with van der Waals surface area (Å²) >= 11 is 5.98. The molecule has 0 amide bonds. The zero-order chi connectivity index (χ0) is 13.0. The fourth-order valence-corrected chi connectivity index (χ4v) is 2.33. The lowest BCUT2D eigenvalue weighted by atomic mass is 10.2. The number of halogens is 1. The van der Waals surface area contributed by atoms with Crippen LogP contribution >= 0.6 is 11.6 Å². The van der Waals surface area contributed by atoms with E-state index in [-0.39, 0.29) is 10.6 Å². The van der Waals surface area contributed by atoms with E-state index in [0.717, 1.165) is 26.2 Å². The number of pyridine rings is 1. The van der Waals surface area contributed by atoms with Crippen LogP contribution in [-0.4, -0.2) is 47.1 Å². The number of hydrogen-bond donors (Lipinski definition) is 2. The summed E-state index contributed by atoms with van der Waals surface area (Å²) in [7, 11) is 0. The number of carbonyl (C=O) groups is 1. The lowest BCUT2D eigenvalue weighted by molar-refractivity contribution is 0.0697. The maximum atomic E-state index is 10.9. The van der Waals surface area contributed by atoms with Gasteiger partial charge in [0.1, 0.15) is 5.82 Å². The van der Waals surface area contributed by atoms with Gasteiger partial charge in [0.15, 0.2) is 0 Å². The van der Waals surface area contributed by atoms with Crippen LogP contribution in [0.3, 0.4) is 0 Å². The third-order valence-corrected chi connectivity index (χ3v) is 3.42. The molecule has 98 valence electrons. The van der Waals surface area contributed by atoms with Crippen molar-refractivity contribution in [3.05, 3.63) is 22.8 Å². The highest BCUT2D eigenvalue weighted by atomic mass is 35.5. The fraction of sp³-hybridized carbons (Fsp3) is 0.500. The molecule has 0 atom stereocenters. The van der Waals surface area contributed by atoms with Gasteiger partial charge in [-0.25, -0.2) is 9.78 Å². The van der Waals surface area contributed by atoms with Crippen molar-refractivity contribution in [1.82, 2.24) is 9.88 Å². The van der Waals surface area contributed by atoms with Gasteiger partial charge in [0.2, 0.25) is 0 Å². The Balaban J connectivity index is 1.92. The van der Waals surface area contributed by atoms with E-state index in [1.807, 2.05) is 0 Å². The standard InChI is InChI=1S/C12H16ClN3O2/c13-10-9(12(17)18)3-4-14-11(10)15-5-8-16-6-1-2-7-16/h3-4H,1-2,5-8H2,(H,14,15)(H,17,18). The molecule has 1 aliphatic heterocycles. The Labute approximate surface area is 111 Å². The van der Waals surface area contributed by atoms with Crippen LogP contribution in [0.15, 0.2) is 12.3 Å². The van der Waals surface area contributed by atoms with Gasteiger partial charge >= 0.3 is 5.97 Å². The van der Waals surface area contributed by atoms with Crippen molar-refractivity contribution in [3.8, 4) is 0 Å². The molecule has 0 bridgehead atoms. The van der Waals surface area contributed by atoms with Crippen LogP contribution < -0.4 is 5.32 Å². The smallest absolute Gasteiger partial charge is 0.337 e. The number of nitrogens with one attached hydrogen (secondary N) is 1. The van der Waals surface area contributed by atoms with Crippen LogP contribution in [0.1, 0.15) is 23.2 Å². The second-order valence-electron chi connectivity index (χ2n) is 4.30. The molecule has 1 fully saturated rings. The first kappa shape index (κ1) is 13.1. The number of rotatable bonds is 5. The Morgan fingerprint density at radius 2 is 2.22 bits per heavy atom. The number of hydrogen-bond acceptors (Lipinski definition) is 4. The molecule has 18 heavy (non-hydrogen) atoms. The van der Waals surface area contributed by atoms with E-state index in [2.05, 4.69) is 15.2 Å². The van der Waals surface area contributed by atoms with Gasteiger partial charge in [-0.15, -0.1) is 0 Å². The average molecular weight is 270 g/mol. The topological polar surface area (TPSA) is 65.5 Å². The molecule has 0 unspecified atom stereocenters. The van der Waals surface area contributed by atoms with Gasteiger partial charge in [-0.3, -0.25) is 0 Å². The van der Waals surface area contributed by atoms with Crippen molar-refractivity contribution >= 4 is 23.4 Å². The lowest BCUT2D eigenvalue weighted by Gasteiger charge is -2.15. The van der Waals surface area contributed by atoms with E-state index in [9.17, 15) is 4.79 Å². The number of carboxylic acids is 1. The van der Waals surface area contributed by atoms with Crippen LogP contribution in [0.2, 0.25) is 5.02 Å². The molecule has 6 heteroatoms. The summed E-state index contributed by atoms with van der Waals surface area (Å²) in [5, 5.41) is 12.2. The Bertz CT molecular complexity index is 433. The molecule has 2 N–H and O–H groups in total. The highest BCUT2D eigenvalue weighted by Gasteiger charge is 2.14. The van der Waals surface area contributed by atoms with Gasteiger partial charge in [0.25, 0.3) is 0 Å². The summed E-state index contributed by atoms with van der Waals surface area (Å²) in [4.78, 5) is 17.3. The second kappa shape index (κ2) is 6.02. The zero-order valence-electron chi connectivity index (χ0n) is 10.0. The Hall–Kier alpha value is -1.33. The summed E-state index contributed by atoms with van der Waals surface area (Å²) in [6, 6.07) is 1.40. The Morgan fingerprint density at radius 1 is 1.50 bits per heavy atom. The molecule has 2 rings (SSSR count). The molecule has 1 saturated heterocycles. The molecule has 5 nitrogen and oxygen atoms in total. The van der Waals surface area contributed by atoms with Crippen LogP contribution in [-0.2, 0) is 0 Å². The Morgan fingerprint density at radius 3 is 2.89 bits per heavy atom. The van der Waals surface area contributed by atoms with Crippen LogP contribution in [0, 0.1) is 0 Å². The number of nitrogens with zero attached hydrogens (tertiary/aromatic N) is 2. The third kappa shape index (κ3) is 3.11. The molecule has 1 aromatic heterocycles. The van der Waals surface area contributed by atoms with Crippen molar-refractivity contribution in [3.63, 3.8) is 0 Å². The van der Waals surface area contributed by atoms with Gasteiger partial charge in [0.05, 0.1) is 10.6 Å². The first-order valence-corrected chi connectivity index (χ1v) is 6.40. The summed E-state index contributed by atoms with van der Waals surface area (Å²) < 4.78 is 0. The first-order valence-electron chi connectivity index (χ1n) is 6.02. The van der Waals surface area contributed by atoms with E-state index in [1.54, 1.807) is 0 Å². The van der Waals surface area contributed by atoms with Crippen molar-refractivity contribution in [2.24, 2.45) is 0 Å². The molecule has 0 saturated carbocycles. The summed E-state index contributed by atoms with van der Waals surface area (Å²) in [6.07, 6.45) is 3.97. The van der Waals surface area contributed by atoms with E-state index in [1.165, 1.54) is 25.1 Å². The maximum absolute atomic E-state index is 10.9. The van der Waals surface area contributed by atoms with Gasteiger partial charge < -0.3 is 15.3 Å². The van der Waals surface area contributed by atoms with Crippen LogP contribution in [0.25, 0.3) is 0 Å². The average Bonchev–Trinajstić information content (AvgIpc) is 2.84. The van der Waals surface area contributed by atoms with E-state index in [4.69, 9.17) is 16.7 Å². The summed E-state index contributed by atoms with van der Waals surface area (Å²) in [6.45, 7) is 3.92. The number of anilines is 1. The first-order chi connectivity index (χ1) is 8.68. The maximum Gasteiger partial charge on any atom is 0.337 e. The summed E-state index contributed by atoms with van der Waals surface area (Å²) in [5.41, 5.74) is 0.0790. The van der Waals surface area contributed by atoms with Gasteiger partial charge in [-0.1, -0.05) is 11.6 Å². The minimum atomic E-state index is -1.04. The monoisotopic (exact) mass is 269 g/mol. The largest absolute Gasteiger partial charge is 0.478 e. The number of likely N-dealkylation sites (tertiary alicyclic amines) is 1. The molecular weight excluding hydrogens is 254 g/mol. The fourth-order valence-electron chi connectivity index (χ4n) is 2.07. The molecule has 0 radical (unpaired) electrons. The number of carboxylic acid groups (broad SMARTS) is 1. The minimum Gasteiger partial charge on any atom is -0.478 e. The zero-order valence-corrected chi connectivity index (χ0v) is 10.8. The van der Waals surface area contributed by atoms with Gasteiger partial charge in [-0.2, -0.15) is 0 Å². The van der Waals surface area contributed by atoms with Gasteiger partial charge in [-0.05, 0) is 32.0 Å². The van der Waals surface area contributed by atoms with Crippen molar-refractivity contribution in [1.29, 1.82) is 0 Å². The number of aromatic nitrogens is 1. The van der Waals surface area contributed by atoms with Crippen molar-refractivity contribution in [2.45, 2.75) is 12.8 Å². The SMILES string of the molecule is O=C(O)c1ccnc(NCCN2CCCC2)c1Cl. The van der Waals surface area contributed by atoms with Crippen LogP contribution in [0.4, 0.5) is 5.82 Å². The molecular formula is C12H16ClN3O2. The lowest BCUT2D eigenvalue weighted by Crippen LogP contribution is -2.26. The quantitative estimate of drug-likeness (QED) is 0.855. The predicted octanol–water partition coefficient (Wildman–Crippen LogP) is 1.94. The molecule has 0 aromatic carbocycles. The summed E-state index contributed by atoms with van der Waals surface area (Å²) in [5.74, 6) is -0.597. The predicted molar refractivity (Wildman–Crippen MR) is 70.4 cm³/mol. The van der Waals surface area contributed by atoms with Crippen molar-refractivity contribution in [2.75, 3.05) is 31.5 Å². The van der Waals surface area contributed by atoms with Gasteiger partial charge in [0, 0.05) is 19.3 Å². The van der Waals surface area contributed by atoms with Crippen molar-refractivity contribution < 1.29 is 9.90 Å². The highest BCUT2D eigenvalue weighted by molar-refractivity contribution is 6.35. The Kier molecular flexibility index (Phi) is 4.38. The van der Waals surface area contributed by atoms with E-state index >= 15 is 0 Å². The van der Waals surface area contributed by atoms with Crippen LogP contribution in [0.5, 0.6) is 0 Å². The third-order valence-electron chi connectivity index (χ3n) is 3.04. The molecule has 1 aromatic rings. The number of aromatic carboxylic acids is 1. The second-order valence-corrected chi connectivity index (χ2v) is 4.68. The minimum absolute atomic E-state index is 0.0790. The van der Waals surface area contributed by atoms with E-state index < -0.39 is 5.97 Å².